The van der Waals surface area contributed by atoms with E-state index in [0.29, 0.717) is 6.04 Å². The predicted molar refractivity (Wildman–Crippen MR) is 67.9 cm³/mol. The fraction of sp³-hybridized carbons (Fsp3) is 0.500. The molecule has 0 bridgehead atoms. The lowest BCUT2D eigenvalue weighted by atomic mass is 10.1. The summed E-state index contributed by atoms with van der Waals surface area (Å²) < 4.78 is 0. The number of benzene rings is 1. The molecule has 1 rings (SSSR count). The summed E-state index contributed by atoms with van der Waals surface area (Å²) in [5, 5.41) is 4.93. The quantitative estimate of drug-likeness (QED) is 0.830. The van der Waals surface area contributed by atoms with Gasteiger partial charge < -0.3 is 5.32 Å². The Labute approximate surface area is 102 Å². The summed E-state index contributed by atoms with van der Waals surface area (Å²) in [6.07, 6.45) is 2.01. The molecule has 0 saturated heterocycles. The summed E-state index contributed by atoms with van der Waals surface area (Å²) in [6, 6.07) is 6.05. The molecule has 0 saturated carbocycles. The summed E-state index contributed by atoms with van der Waals surface area (Å²) in [7, 11) is 0. The summed E-state index contributed by atoms with van der Waals surface area (Å²) in [5.41, 5.74) is 1.04. The van der Waals surface area contributed by atoms with Crippen molar-refractivity contribution in [2.45, 2.75) is 32.7 Å². The van der Waals surface area contributed by atoms with Gasteiger partial charge in [0.15, 0.2) is 0 Å². The van der Waals surface area contributed by atoms with Crippen molar-refractivity contribution in [2.75, 3.05) is 6.54 Å². The van der Waals surface area contributed by atoms with Crippen LogP contribution in [0.4, 0.5) is 0 Å². The minimum Gasteiger partial charge on any atom is -0.314 e. The molecule has 0 heterocycles. The van der Waals surface area contributed by atoms with Crippen LogP contribution in [-0.4, -0.2) is 12.6 Å². The van der Waals surface area contributed by atoms with Gasteiger partial charge in [-0.15, -0.1) is 0 Å². The Balaban J connectivity index is 2.63. The lowest BCUT2D eigenvalue weighted by Gasteiger charge is -2.15. The van der Waals surface area contributed by atoms with Crippen LogP contribution in [0, 0.1) is 0 Å². The van der Waals surface area contributed by atoms with Gasteiger partial charge in [-0.3, -0.25) is 0 Å². The molecule has 0 aromatic heterocycles. The standard InChI is InChI=1S/C12H17Cl2N/c1-3-7-15-9(2)8-10-11(13)5-4-6-12(10)14/h4-6,9,15H,3,7-8H2,1-2H3. The molecule has 1 nitrogen and oxygen atoms in total. The molecule has 1 N–H and O–H groups in total. The van der Waals surface area contributed by atoms with Gasteiger partial charge in [0.2, 0.25) is 0 Å². The normalized spacial score (nSPS) is 12.8. The van der Waals surface area contributed by atoms with E-state index < -0.39 is 0 Å². The molecule has 1 aromatic rings. The lowest BCUT2D eigenvalue weighted by molar-refractivity contribution is 0.544. The number of halogens is 2. The highest BCUT2D eigenvalue weighted by Gasteiger charge is 2.09. The van der Waals surface area contributed by atoms with Gasteiger partial charge in [-0.25, -0.2) is 0 Å². The number of nitrogens with one attached hydrogen (secondary N) is 1. The Kier molecular flexibility index (Phi) is 5.44. The van der Waals surface area contributed by atoms with Gasteiger partial charge in [0.1, 0.15) is 0 Å². The first-order chi connectivity index (χ1) is 7.15. The van der Waals surface area contributed by atoms with Crippen molar-refractivity contribution in [3.63, 3.8) is 0 Å². The fourth-order valence-corrected chi connectivity index (χ4v) is 2.05. The van der Waals surface area contributed by atoms with Crippen LogP contribution < -0.4 is 5.32 Å². The van der Waals surface area contributed by atoms with Crippen LogP contribution in [-0.2, 0) is 6.42 Å². The number of hydrogen-bond acceptors (Lipinski definition) is 1. The van der Waals surface area contributed by atoms with E-state index >= 15 is 0 Å². The Bertz CT molecular complexity index is 292. The van der Waals surface area contributed by atoms with Gasteiger partial charge in [-0.05, 0) is 44.0 Å². The number of rotatable bonds is 5. The van der Waals surface area contributed by atoms with Crippen molar-refractivity contribution < 1.29 is 0 Å². The highest BCUT2D eigenvalue weighted by molar-refractivity contribution is 6.35. The zero-order chi connectivity index (χ0) is 11.3. The predicted octanol–water partition coefficient (Wildman–Crippen LogP) is 3.92. The maximum absolute atomic E-state index is 6.10. The van der Waals surface area contributed by atoms with Crippen LogP contribution in [0.2, 0.25) is 10.0 Å². The molecule has 0 aliphatic heterocycles. The van der Waals surface area contributed by atoms with E-state index in [1.165, 1.54) is 0 Å². The van der Waals surface area contributed by atoms with Crippen LogP contribution in [0.15, 0.2) is 18.2 Å². The third-order valence-electron chi connectivity index (χ3n) is 2.31. The molecule has 15 heavy (non-hydrogen) atoms. The van der Waals surface area contributed by atoms with E-state index in [0.717, 1.165) is 35.0 Å². The summed E-state index contributed by atoms with van der Waals surface area (Å²) >= 11 is 12.2. The molecule has 84 valence electrons. The van der Waals surface area contributed by atoms with E-state index in [-0.39, 0.29) is 0 Å². The van der Waals surface area contributed by atoms with Gasteiger partial charge >= 0.3 is 0 Å². The molecule has 1 unspecified atom stereocenters. The van der Waals surface area contributed by atoms with Crippen molar-refractivity contribution in [3.05, 3.63) is 33.8 Å². The van der Waals surface area contributed by atoms with Gasteiger partial charge in [0, 0.05) is 16.1 Å². The van der Waals surface area contributed by atoms with Crippen LogP contribution in [0.25, 0.3) is 0 Å². The molecular formula is C12H17Cl2N. The summed E-state index contributed by atoms with van der Waals surface area (Å²) in [5.74, 6) is 0. The second-order valence-corrected chi connectivity index (χ2v) is 4.57. The maximum Gasteiger partial charge on any atom is 0.0453 e. The Morgan fingerprint density at radius 2 is 1.87 bits per heavy atom. The van der Waals surface area contributed by atoms with Crippen LogP contribution in [0.3, 0.4) is 0 Å². The van der Waals surface area contributed by atoms with E-state index in [4.69, 9.17) is 23.2 Å². The Morgan fingerprint density at radius 1 is 1.27 bits per heavy atom. The van der Waals surface area contributed by atoms with Crippen LogP contribution in [0.5, 0.6) is 0 Å². The minimum absolute atomic E-state index is 0.405. The Hall–Kier alpha value is -0.240. The SMILES string of the molecule is CCCNC(C)Cc1c(Cl)cccc1Cl. The van der Waals surface area contributed by atoms with Crippen molar-refractivity contribution >= 4 is 23.2 Å². The number of hydrogen-bond donors (Lipinski definition) is 1. The summed E-state index contributed by atoms with van der Waals surface area (Å²) in [4.78, 5) is 0. The van der Waals surface area contributed by atoms with Gasteiger partial charge in [-0.1, -0.05) is 36.2 Å². The molecule has 1 atom stereocenters. The smallest absolute Gasteiger partial charge is 0.0453 e. The first-order valence-electron chi connectivity index (χ1n) is 5.31. The highest BCUT2D eigenvalue weighted by Crippen LogP contribution is 2.25. The van der Waals surface area contributed by atoms with Gasteiger partial charge in [-0.2, -0.15) is 0 Å². The minimum atomic E-state index is 0.405. The first-order valence-corrected chi connectivity index (χ1v) is 6.07. The monoisotopic (exact) mass is 245 g/mol. The average molecular weight is 246 g/mol. The van der Waals surface area contributed by atoms with Crippen molar-refractivity contribution in [1.29, 1.82) is 0 Å². The fourth-order valence-electron chi connectivity index (χ4n) is 1.50. The highest BCUT2D eigenvalue weighted by atomic mass is 35.5. The molecule has 0 radical (unpaired) electrons. The third kappa shape index (κ3) is 4.02. The van der Waals surface area contributed by atoms with E-state index in [2.05, 4.69) is 19.2 Å². The van der Waals surface area contributed by atoms with Crippen LogP contribution in [0.1, 0.15) is 25.8 Å². The molecular weight excluding hydrogens is 229 g/mol. The molecule has 0 aliphatic carbocycles. The van der Waals surface area contributed by atoms with Crippen molar-refractivity contribution in [3.8, 4) is 0 Å². The zero-order valence-corrected chi connectivity index (χ0v) is 10.7. The molecule has 0 spiro atoms. The van der Waals surface area contributed by atoms with E-state index in [1.807, 2.05) is 18.2 Å². The first kappa shape index (κ1) is 12.8. The topological polar surface area (TPSA) is 12.0 Å². The van der Waals surface area contributed by atoms with Crippen molar-refractivity contribution in [2.24, 2.45) is 0 Å². The molecule has 0 amide bonds. The van der Waals surface area contributed by atoms with Crippen LogP contribution >= 0.6 is 23.2 Å². The van der Waals surface area contributed by atoms with Crippen molar-refractivity contribution in [1.82, 2.24) is 5.32 Å². The second-order valence-electron chi connectivity index (χ2n) is 3.76. The molecule has 0 fully saturated rings. The van der Waals surface area contributed by atoms with E-state index in [9.17, 15) is 0 Å². The third-order valence-corrected chi connectivity index (χ3v) is 3.02. The van der Waals surface area contributed by atoms with Gasteiger partial charge in [0.25, 0.3) is 0 Å². The average Bonchev–Trinajstić information content (AvgIpc) is 2.21. The maximum atomic E-state index is 6.10. The largest absolute Gasteiger partial charge is 0.314 e. The molecule has 1 aromatic carbocycles. The lowest BCUT2D eigenvalue weighted by Crippen LogP contribution is -2.28. The Morgan fingerprint density at radius 3 is 2.40 bits per heavy atom. The zero-order valence-electron chi connectivity index (χ0n) is 9.19. The molecule has 0 aliphatic rings. The molecule has 3 heteroatoms. The second kappa shape index (κ2) is 6.37. The summed E-state index contributed by atoms with van der Waals surface area (Å²) in [6.45, 7) is 5.33. The van der Waals surface area contributed by atoms with Gasteiger partial charge in [0.05, 0.1) is 0 Å². The van der Waals surface area contributed by atoms with E-state index in [1.54, 1.807) is 0 Å².